The molecule has 0 saturated heterocycles. The van der Waals surface area contributed by atoms with Gasteiger partial charge in [-0.2, -0.15) is 0 Å². The van der Waals surface area contributed by atoms with Crippen LogP contribution in [0, 0.1) is 0 Å². The molecule has 18 heavy (non-hydrogen) atoms. The molecule has 0 aliphatic heterocycles. The zero-order chi connectivity index (χ0) is 13.4. The van der Waals surface area contributed by atoms with E-state index in [1.54, 1.807) is 0 Å². The van der Waals surface area contributed by atoms with Crippen molar-refractivity contribution in [1.82, 2.24) is 0 Å². The number of hydrogen-bond donors (Lipinski definition) is 2. The maximum atomic E-state index is 13.9. The fourth-order valence-corrected chi connectivity index (χ4v) is 6.38. The van der Waals surface area contributed by atoms with Gasteiger partial charge in [-0.1, -0.05) is 25.7 Å². The van der Waals surface area contributed by atoms with Gasteiger partial charge in [0.15, 0.2) is 0 Å². The Morgan fingerprint density at radius 2 is 1.11 bits per heavy atom. The van der Waals surface area contributed by atoms with Crippen molar-refractivity contribution < 1.29 is 22.1 Å². The first-order chi connectivity index (χ1) is 8.31. The minimum Gasteiger partial charge on any atom is -0.307 e. The largest absolute Gasteiger partial charge is 0.307 e. The molecule has 0 aromatic rings. The maximum Gasteiger partial charge on any atom is 0.117 e. The van der Waals surface area contributed by atoms with Crippen molar-refractivity contribution in [3.8, 4) is 0 Å². The normalized spacial score (nSPS) is 41.0. The van der Waals surface area contributed by atoms with Gasteiger partial charge in [-0.05, 0) is 25.7 Å². The number of alkyl halides is 2. The molecule has 4 atom stereocenters. The van der Waals surface area contributed by atoms with Crippen LogP contribution < -0.4 is 0 Å². The molecule has 0 aromatic heterocycles. The van der Waals surface area contributed by atoms with Crippen molar-refractivity contribution in [2.75, 3.05) is 0 Å². The minimum absolute atomic E-state index is 0.169. The fraction of sp³-hybridized carbons (Fsp3) is 1.00. The first kappa shape index (κ1) is 14.3. The predicted molar refractivity (Wildman–Crippen MR) is 67.7 cm³/mol. The average Bonchev–Trinajstić information content (AvgIpc) is 2.29. The van der Waals surface area contributed by atoms with E-state index in [1.807, 2.05) is 0 Å². The van der Waals surface area contributed by atoms with E-state index in [-0.39, 0.29) is 25.7 Å². The van der Waals surface area contributed by atoms with Crippen molar-refractivity contribution in [3.05, 3.63) is 0 Å². The molecular formula is C12H22F2O3S. The van der Waals surface area contributed by atoms with Crippen molar-refractivity contribution in [2.24, 2.45) is 0 Å². The third-order valence-electron chi connectivity index (χ3n) is 4.38. The second-order valence-corrected chi connectivity index (χ2v) is 8.83. The molecule has 0 aromatic carbocycles. The number of rotatable bonds is 2. The van der Waals surface area contributed by atoms with E-state index in [9.17, 15) is 22.1 Å². The van der Waals surface area contributed by atoms with Crippen LogP contribution in [0.4, 0.5) is 8.78 Å². The molecule has 6 heteroatoms. The third kappa shape index (κ3) is 2.47. The molecular weight excluding hydrogens is 262 g/mol. The van der Waals surface area contributed by atoms with E-state index in [1.165, 1.54) is 0 Å². The lowest BCUT2D eigenvalue weighted by Gasteiger charge is -2.49. The number of hydrogen-bond acceptors (Lipinski definition) is 1. The summed E-state index contributed by atoms with van der Waals surface area (Å²) in [5, 5.41) is -2.62. The van der Waals surface area contributed by atoms with Gasteiger partial charge in [-0.3, -0.25) is 0 Å². The van der Waals surface area contributed by atoms with Gasteiger partial charge < -0.3 is 9.11 Å². The van der Waals surface area contributed by atoms with Crippen LogP contribution in [0.15, 0.2) is 0 Å². The van der Waals surface area contributed by atoms with Crippen molar-refractivity contribution in [2.45, 2.75) is 74.2 Å². The quantitative estimate of drug-likeness (QED) is 0.818. The van der Waals surface area contributed by atoms with E-state index in [2.05, 4.69) is 0 Å². The summed E-state index contributed by atoms with van der Waals surface area (Å²) in [5.41, 5.74) is 0. The zero-order valence-corrected chi connectivity index (χ0v) is 11.2. The molecule has 0 bridgehead atoms. The van der Waals surface area contributed by atoms with Gasteiger partial charge in [0.25, 0.3) is 0 Å². The Labute approximate surface area is 106 Å². The molecule has 2 rings (SSSR count). The van der Waals surface area contributed by atoms with Gasteiger partial charge in [0.1, 0.15) is 12.3 Å². The predicted octanol–water partition coefficient (Wildman–Crippen LogP) is 3.31. The highest BCUT2D eigenvalue weighted by atomic mass is 32.3. The van der Waals surface area contributed by atoms with Gasteiger partial charge in [-0.15, -0.1) is 0 Å². The van der Waals surface area contributed by atoms with Gasteiger partial charge in [0.05, 0.1) is 20.1 Å². The minimum atomic E-state index is -5.23. The van der Waals surface area contributed by atoms with E-state index in [0.717, 1.165) is 0 Å². The first-order valence-electron chi connectivity index (χ1n) is 6.74. The van der Waals surface area contributed by atoms with Crippen molar-refractivity contribution >= 4 is 9.63 Å². The average molecular weight is 284 g/mol. The lowest BCUT2D eigenvalue weighted by molar-refractivity contribution is 0.196. The van der Waals surface area contributed by atoms with Gasteiger partial charge in [0.2, 0.25) is 0 Å². The summed E-state index contributed by atoms with van der Waals surface area (Å²) < 4.78 is 60.7. The molecule has 2 saturated carbocycles. The van der Waals surface area contributed by atoms with Gasteiger partial charge in [0, 0.05) is 0 Å². The number of halogens is 2. The summed E-state index contributed by atoms with van der Waals surface area (Å²) in [6.07, 6.45) is 0.257. The lowest BCUT2D eigenvalue weighted by atomic mass is 9.98. The van der Waals surface area contributed by atoms with Crippen LogP contribution in [-0.4, -0.2) is 36.2 Å². The van der Waals surface area contributed by atoms with Gasteiger partial charge in [-0.25, -0.2) is 13.0 Å². The summed E-state index contributed by atoms with van der Waals surface area (Å²) in [6, 6.07) is 0. The Kier molecular flexibility index (Phi) is 3.82. The van der Waals surface area contributed by atoms with Crippen LogP contribution in [-0.2, 0) is 9.63 Å². The Bertz CT molecular complexity index is 340. The smallest absolute Gasteiger partial charge is 0.117 e. The third-order valence-corrected chi connectivity index (χ3v) is 7.72. The second-order valence-electron chi connectivity index (χ2n) is 5.66. The van der Waals surface area contributed by atoms with Crippen LogP contribution in [0.3, 0.4) is 0 Å². The van der Waals surface area contributed by atoms with Crippen molar-refractivity contribution in [1.29, 1.82) is 0 Å². The van der Waals surface area contributed by atoms with Crippen molar-refractivity contribution in [3.63, 3.8) is 0 Å². The molecule has 2 fully saturated rings. The summed E-state index contributed by atoms with van der Waals surface area (Å²) in [4.78, 5) is 0. The standard InChI is InChI=1S/C12H22F2O3S/c13-9-5-1-3-7-11(9)18(15,16,17)12-8-4-2-6-10(12)14/h9-12H,1-8H2,(H2,15,16,17). The van der Waals surface area contributed by atoms with Gasteiger partial charge >= 0.3 is 0 Å². The van der Waals surface area contributed by atoms with Crippen LogP contribution in [0.25, 0.3) is 0 Å². The first-order valence-corrected chi connectivity index (χ1v) is 8.75. The molecule has 0 amide bonds. The maximum absolute atomic E-state index is 13.9. The molecule has 0 heterocycles. The van der Waals surface area contributed by atoms with E-state index >= 15 is 0 Å². The summed E-state index contributed by atoms with van der Waals surface area (Å²) >= 11 is 0. The monoisotopic (exact) mass is 284 g/mol. The lowest BCUT2D eigenvalue weighted by Crippen LogP contribution is -2.60. The molecule has 2 N–H and O–H groups in total. The zero-order valence-electron chi connectivity index (χ0n) is 10.4. The van der Waals surface area contributed by atoms with Crippen LogP contribution in [0.1, 0.15) is 51.4 Å². The van der Waals surface area contributed by atoms with Crippen LogP contribution in [0.2, 0.25) is 0 Å². The molecule has 108 valence electrons. The van der Waals surface area contributed by atoms with E-state index in [4.69, 9.17) is 0 Å². The highest BCUT2D eigenvalue weighted by Crippen LogP contribution is 2.45. The Balaban J connectivity index is 2.27. The van der Waals surface area contributed by atoms with Crippen LogP contribution in [0.5, 0.6) is 0 Å². The Morgan fingerprint density at radius 3 is 1.44 bits per heavy atom. The molecule has 4 unspecified atom stereocenters. The summed E-state index contributed by atoms with van der Waals surface area (Å²) in [6.45, 7) is 0. The summed E-state index contributed by atoms with van der Waals surface area (Å²) in [5.74, 6) is 0. The Hall–Kier alpha value is -0.0700. The Morgan fingerprint density at radius 1 is 0.778 bits per heavy atom. The highest BCUT2D eigenvalue weighted by Gasteiger charge is 2.54. The second kappa shape index (κ2) is 4.80. The molecule has 2 aliphatic carbocycles. The summed E-state index contributed by atoms with van der Waals surface area (Å²) in [7, 11) is -5.23. The fourth-order valence-electron chi connectivity index (χ4n) is 3.33. The topological polar surface area (TPSA) is 57.5 Å². The molecule has 0 radical (unpaired) electrons. The molecule has 3 nitrogen and oxygen atoms in total. The molecule has 0 spiro atoms. The highest BCUT2D eigenvalue weighted by molar-refractivity contribution is 8.11. The van der Waals surface area contributed by atoms with Crippen LogP contribution >= 0.6 is 0 Å². The van der Waals surface area contributed by atoms with E-state index in [0.29, 0.717) is 25.7 Å². The molecule has 2 aliphatic rings. The SMILES string of the molecule is O=S(O)(O)(C1CCCCC1F)C1CCCCC1F. The van der Waals surface area contributed by atoms with E-state index < -0.39 is 32.5 Å².